The van der Waals surface area contributed by atoms with Crippen LogP contribution < -0.4 is 4.74 Å². The molecule has 396 valence electrons. The lowest BCUT2D eigenvalue weighted by atomic mass is 9.83. The zero-order valence-corrected chi connectivity index (χ0v) is 44.1. The predicted octanol–water partition coefficient (Wildman–Crippen LogP) is 16.3. The Balaban J connectivity index is 2.74. The van der Waals surface area contributed by atoms with Crippen LogP contribution in [0.25, 0.3) is 0 Å². The smallest absolute Gasteiger partial charge is 0.465 e. The van der Waals surface area contributed by atoms with Crippen molar-refractivity contribution in [3.05, 3.63) is 83.0 Å². The van der Waals surface area contributed by atoms with Gasteiger partial charge in [-0.25, -0.2) is 4.79 Å². The number of nitrogens with zero attached hydrogens (tertiary/aromatic N) is 1. The van der Waals surface area contributed by atoms with Gasteiger partial charge in [-0.1, -0.05) is 153 Å². The van der Waals surface area contributed by atoms with Crippen molar-refractivity contribution in [2.75, 3.05) is 19.8 Å². The number of hydrogen-bond acceptors (Lipinski definition) is 11. The number of ether oxygens (including phenoxy) is 5. The summed E-state index contributed by atoms with van der Waals surface area (Å²) in [5.41, 5.74) is -1.48. The van der Waals surface area contributed by atoms with Crippen LogP contribution in [0.1, 0.15) is 221 Å². The molecule has 0 saturated carbocycles. The molecular formula is C58H93NO11. The standard InChI is InChI=1S/C58H93NO11/c1-6-9-12-15-17-19-21-23-25-27-29-31-33-35-38-41-54(60)66-47-50(48-67-55(61)42-39-36-34-32-30-28-26-24-22-20-18-16-13-10-7-2)49-68-56(62)58(4,5)53(40-37-14-11-8-3)70-57(63)69-52-45-43-51(44-46-52)59(64)65/h17-20,23-26,43-46,50,53H,6-16,21-22,27-42,47-49H2,1-5H3/b19-17-,20-18-,25-23-,26-24-. The van der Waals surface area contributed by atoms with Crippen LogP contribution in [0.5, 0.6) is 5.75 Å². The van der Waals surface area contributed by atoms with E-state index in [1.165, 1.54) is 62.8 Å². The summed E-state index contributed by atoms with van der Waals surface area (Å²) in [5, 5.41) is 11.1. The van der Waals surface area contributed by atoms with Crippen LogP contribution in [0.15, 0.2) is 72.9 Å². The number of nitro benzene ring substituents is 1. The highest BCUT2D eigenvalue weighted by molar-refractivity contribution is 5.77. The molecule has 0 N–H and O–H groups in total. The number of carbonyl (C=O) groups excluding carboxylic acids is 4. The number of carbonyl (C=O) groups is 4. The third kappa shape index (κ3) is 34.5. The Hall–Kier alpha value is -4.74. The van der Waals surface area contributed by atoms with E-state index in [1.54, 1.807) is 13.8 Å². The molecule has 1 aromatic carbocycles. The molecule has 0 fully saturated rings. The fourth-order valence-electron chi connectivity index (χ4n) is 7.58. The first kappa shape index (κ1) is 63.3. The van der Waals surface area contributed by atoms with Crippen molar-refractivity contribution in [3.63, 3.8) is 0 Å². The van der Waals surface area contributed by atoms with Gasteiger partial charge in [0, 0.05) is 25.0 Å². The molecule has 0 spiro atoms. The molecule has 1 atom stereocenters. The van der Waals surface area contributed by atoms with Crippen molar-refractivity contribution in [2.45, 2.75) is 227 Å². The maximum atomic E-state index is 13.8. The van der Waals surface area contributed by atoms with Crippen LogP contribution >= 0.6 is 0 Å². The summed E-state index contributed by atoms with van der Waals surface area (Å²) in [6.45, 7) is 9.40. The molecule has 12 heteroatoms. The van der Waals surface area contributed by atoms with E-state index in [1.807, 2.05) is 0 Å². The third-order valence-corrected chi connectivity index (χ3v) is 12.2. The average molecular weight is 980 g/mol. The van der Waals surface area contributed by atoms with E-state index in [9.17, 15) is 29.3 Å². The highest BCUT2D eigenvalue weighted by Gasteiger charge is 2.41. The van der Waals surface area contributed by atoms with Crippen molar-refractivity contribution in [1.29, 1.82) is 0 Å². The van der Waals surface area contributed by atoms with E-state index < -0.39 is 34.5 Å². The molecule has 0 radical (unpaired) electrons. The first-order valence-corrected chi connectivity index (χ1v) is 27.2. The molecule has 0 amide bonds. The number of non-ortho nitro benzene ring substituents is 1. The minimum atomic E-state index is -1.32. The molecule has 1 rings (SSSR count). The minimum Gasteiger partial charge on any atom is -0.465 e. The zero-order valence-electron chi connectivity index (χ0n) is 44.1. The molecule has 1 aromatic rings. The lowest BCUT2D eigenvalue weighted by molar-refractivity contribution is -0.384. The van der Waals surface area contributed by atoms with Crippen LogP contribution in [-0.2, 0) is 33.3 Å². The normalized spacial score (nSPS) is 12.4. The van der Waals surface area contributed by atoms with E-state index >= 15 is 0 Å². The summed E-state index contributed by atoms with van der Waals surface area (Å²) in [7, 11) is 0. The molecule has 1 unspecified atom stereocenters. The Bertz CT molecular complexity index is 1590. The second-order valence-corrected chi connectivity index (χ2v) is 19.1. The van der Waals surface area contributed by atoms with E-state index in [0.29, 0.717) is 25.7 Å². The van der Waals surface area contributed by atoms with Gasteiger partial charge >= 0.3 is 24.1 Å². The first-order valence-electron chi connectivity index (χ1n) is 27.2. The maximum absolute atomic E-state index is 13.8. The van der Waals surface area contributed by atoms with Crippen molar-refractivity contribution < 1.29 is 47.8 Å². The van der Waals surface area contributed by atoms with Crippen LogP contribution in [0.2, 0.25) is 0 Å². The summed E-state index contributed by atoms with van der Waals surface area (Å²) >= 11 is 0. The Morgan fingerprint density at radius 2 is 0.943 bits per heavy atom. The second kappa shape index (κ2) is 43.1. The topological polar surface area (TPSA) is 158 Å². The average Bonchev–Trinajstić information content (AvgIpc) is 3.34. The lowest BCUT2D eigenvalue weighted by Gasteiger charge is -2.32. The summed E-state index contributed by atoms with van der Waals surface area (Å²) in [6.07, 6.45) is 44.2. The molecule has 0 saturated heterocycles. The van der Waals surface area contributed by atoms with Gasteiger partial charge in [0.25, 0.3) is 5.69 Å². The van der Waals surface area contributed by atoms with E-state index in [-0.39, 0.29) is 56.0 Å². The molecule has 0 aliphatic heterocycles. The third-order valence-electron chi connectivity index (χ3n) is 12.2. The van der Waals surface area contributed by atoms with Crippen molar-refractivity contribution >= 4 is 29.8 Å². The van der Waals surface area contributed by atoms with Gasteiger partial charge in [-0.3, -0.25) is 24.5 Å². The second-order valence-electron chi connectivity index (χ2n) is 19.1. The molecule has 0 aliphatic rings. The Morgan fingerprint density at radius 1 is 0.543 bits per heavy atom. The van der Waals surface area contributed by atoms with Crippen LogP contribution in [0.3, 0.4) is 0 Å². The minimum absolute atomic E-state index is 0.0542. The van der Waals surface area contributed by atoms with Gasteiger partial charge in [0.1, 0.15) is 31.7 Å². The molecule has 0 bridgehead atoms. The quantitative estimate of drug-likeness (QED) is 0.0117. The van der Waals surface area contributed by atoms with Gasteiger partial charge in [-0.15, -0.1) is 0 Å². The van der Waals surface area contributed by atoms with Crippen molar-refractivity contribution in [3.8, 4) is 5.75 Å². The SMILES string of the molecule is CCCCC/C=C\C/C=C\CCCCCCCC(=O)OCC(COC(=O)CCCCCCC/C=C\C/C=C\CCCCC)COC(=O)C(C)(C)C(CCCCCC)OC(=O)Oc1ccc([N+](=O)[O-])cc1. The predicted molar refractivity (Wildman–Crippen MR) is 282 cm³/mol. The van der Waals surface area contributed by atoms with Gasteiger partial charge in [-0.2, -0.15) is 0 Å². The zero-order chi connectivity index (χ0) is 51.3. The molecule has 12 nitrogen and oxygen atoms in total. The van der Waals surface area contributed by atoms with Crippen LogP contribution in [0.4, 0.5) is 10.5 Å². The fraction of sp³-hybridized carbons (Fsp3) is 0.690. The lowest BCUT2D eigenvalue weighted by Crippen LogP contribution is -2.43. The van der Waals surface area contributed by atoms with Gasteiger partial charge in [0.2, 0.25) is 0 Å². The van der Waals surface area contributed by atoms with E-state index in [0.717, 1.165) is 109 Å². The number of hydrogen-bond donors (Lipinski definition) is 0. The summed E-state index contributed by atoms with van der Waals surface area (Å²) < 4.78 is 28.2. The highest BCUT2D eigenvalue weighted by atomic mass is 16.7. The Morgan fingerprint density at radius 3 is 1.40 bits per heavy atom. The number of nitro groups is 1. The maximum Gasteiger partial charge on any atom is 0.514 e. The molecule has 0 aromatic heterocycles. The molecule has 70 heavy (non-hydrogen) atoms. The van der Waals surface area contributed by atoms with Crippen molar-refractivity contribution in [1.82, 2.24) is 0 Å². The monoisotopic (exact) mass is 980 g/mol. The number of esters is 3. The van der Waals surface area contributed by atoms with Gasteiger partial charge < -0.3 is 23.7 Å². The molecular weight excluding hydrogens is 887 g/mol. The number of benzene rings is 1. The van der Waals surface area contributed by atoms with E-state index in [4.69, 9.17) is 23.7 Å². The van der Waals surface area contributed by atoms with Gasteiger partial charge in [0.05, 0.1) is 16.3 Å². The fourth-order valence-corrected chi connectivity index (χ4v) is 7.58. The summed E-state index contributed by atoms with van der Waals surface area (Å²) in [5.74, 6) is -1.91. The highest BCUT2D eigenvalue weighted by Crippen LogP contribution is 2.31. The summed E-state index contributed by atoms with van der Waals surface area (Å²) in [4.78, 5) is 63.0. The summed E-state index contributed by atoms with van der Waals surface area (Å²) in [6, 6.07) is 5.02. The Labute approximate surface area is 423 Å². The van der Waals surface area contributed by atoms with Gasteiger partial charge in [0.15, 0.2) is 0 Å². The van der Waals surface area contributed by atoms with E-state index in [2.05, 4.69) is 69.4 Å². The van der Waals surface area contributed by atoms with Crippen molar-refractivity contribution in [2.24, 2.45) is 11.3 Å². The van der Waals surface area contributed by atoms with Gasteiger partial charge in [-0.05, 0) is 116 Å². The Kier molecular flexibility index (Phi) is 38.9. The molecule has 0 aliphatic carbocycles. The molecule has 0 heterocycles. The van der Waals surface area contributed by atoms with Crippen LogP contribution in [-0.4, -0.2) is 54.9 Å². The number of unbranched alkanes of at least 4 members (excludes halogenated alkanes) is 19. The largest absolute Gasteiger partial charge is 0.514 e. The van der Waals surface area contributed by atoms with Crippen LogP contribution in [0, 0.1) is 21.4 Å². The number of rotatable bonds is 44. The number of allylic oxidation sites excluding steroid dienone is 8. The first-order chi connectivity index (χ1) is 33.9.